The molecule has 1 aliphatic carbocycles. The van der Waals surface area contributed by atoms with Crippen LogP contribution in [0.4, 0.5) is 10.2 Å². The summed E-state index contributed by atoms with van der Waals surface area (Å²) in [5, 5.41) is 12.8. The van der Waals surface area contributed by atoms with E-state index in [1.165, 1.54) is 5.56 Å². The molecule has 32 heavy (non-hydrogen) atoms. The summed E-state index contributed by atoms with van der Waals surface area (Å²) in [7, 11) is 3.56. The van der Waals surface area contributed by atoms with E-state index in [0.29, 0.717) is 31.9 Å². The molecule has 5 rings (SSSR count). The molecule has 2 aromatic rings. The fourth-order valence-electron chi connectivity index (χ4n) is 5.08. The van der Waals surface area contributed by atoms with Crippen LogP contribution >= 0.6 is 0 Å². The number of methoxy groups -OCH3 is 1. The molecule has 1 N–H and O–H groups in total. The van der Waals surface area contributed by atoms with Gasteiger partial charge in [0.1, 0.15) is 17.6 Å². The minimum absolute atomic E-state index is 0.00613. The number of halogens is 1. The second kappa shape index (κ2) is 8.57. The van der Waals surface area contributed by atoms with Crippen molar-refractivity contribution in [2.45, 2.75) is 50.4 Å². The Labute approximate surface area is 188 Å². The van der Waals surface area contributed by atoms with Crippen molar-refractivity contribution < 1.29 is 18.6 Å². The van der Waals surface area contributed by atoms with Crippen molar-refractivity contribution in [2.75, 3.05) is 46.0 Å². The van der Waals surface area contributed by atoms with Gasteiger partial charge in [0.05, 0.1) is 13.2 Å². The summed E-state index contributed by atoms with van der Waals surface area (Å²) in [6, 6.07) is 6.07. The molecular weight excluding hydrogens is 411 g/mol. The number of likely N-dealkylation sites (tertiary alicyclic amines) is 1. The number of hydrogen-bond acceptors (Lipinski definition) is 7. The summed E-state index contributed by atoms with van der Waals surface area (Å²) < 4.78 is 31.2. The lowest BCUT2D eigenvalue weighted by Gasteiger charge is -2.35. The number of rotatable bonds is 6. The number of nitrogens with zero attached hydrogens (tertiary/aromatic N) is 3. The van der Waals surface area contributed by atoms with E-state index in [4.69, 9.17) is 14.2 Å². The second-order valence-electron chi connectivity index (χ2n) is 9.47. The van der Waals surface area contributed by atoms with Crippen LogP contribution in [0.1, 0.15) is 36.0 Å². The number of benzene rings is 1. The molecule has 1 spiro atoms. The van der Waals surface area contributed by atoms with Crippen LogP contribution in [0, 0.1) is 6.92 Å². The Kier molecular flexibility index (Phi) is 5.77. The van der Waals surface area contributed by atoms with Crippen LogP contribution in [0.3, 0.4) is 0 Å². The smallest absolute Gasteiger partial charge is 0.188 e. The van der Waals surface area contributed by atoms with Crippen molar-refractivity contribution in [3.05, 3.63) is 34.9 Å². The predicted molar refractivity (Wildman–Crippen MR) is 120 cm³/mol. The summed E-state index contributed by atoms with van der Waals surface area (Å²) in [5.74, 6) is 1.50. The summed E-state index contributed by atoms with van der Waals surface area (Å²) in [6.45, 7) is 4.62. The van der Waals surface area contributed by atoms with Crippen molar-refractivity contribution in [1.29, 1.82) is 0 Å². The van der Waals surface area contributed by atoms with Gasteiger partial charge in [-0.05, 0) is 44.5 Å². The third-order valence-electron chi connectivity index (χ3n) is 6.73. The average Bonchev–Trinajstić information content (AvgIpc) is 3.52. The molecule has 1 saturated carbocycles. The highest BCUT2D eigenvalue weighted by Gasteiger charge is 2.51. The minimum atomic E-state index is -0.833. The van der Waals surface area contributed by atoms with Crippen molar-refractivity contribution in [3.63, 3.8) is 0 Å². The fourth-order valence-corrected chi connectivity index (χ4v) is 5.08. The number of aromatic nitrogens is 2. The lowest BCUT2D eigenvalue weighted by atomic mass is 9.88. The molecule has 0 unspecified atom stereocenters. The molecule has 1 aromatic carbocycles. The number of hydrogen-bond donors (Lipinski definition) is 1. The topological polar surface area (TPSA) is 68.7 Å². The molecule has 0 bridgehead atoms. The van der Waals surface area contributed by atoms with E-state index in [1.807, 2.05) is 37.1 Å². The molecule has 2 aliphatic heterocycles. The highest BCUT2D eigenvalue weighted by atomic mass is 19.1. The lowest BCUT2D eigenvalue weighted by molar-refractivity contribution is 0.0514. The SMILES string of the molecule is COCOc1cc(C)ccc1-c1nnc(N[C@@H]2C[C@@H](F)CN(C)C2)c2c1COCC21CC1. The first kappa shape index (κ1) is 21.6. The van der Waals surface area contributed by atoms with Gasteiger partial charge >= 0.3 is 0 Å². The van der Waals surface area contributed by atoms with Crippen LogP contribution in [0.2, 0.25) is 0 Å². The molecule has 8 heteroatoms. The van der Waals surface area contributed by atoms with Crippen LogP contribution < -0.4 is 10.1 Å². The molecule has 7 nitrogen and oxygen atoms in total. The maximum atomic E-state index is 14.2. The Hall–Kier alpha value is -2.29. The Bertz CT molecular complexity index is 987. The maximum Gasteiger partial charge on any atom is 0.188 e. The Balaban J connectivity index is 1.56. The molecule has 0 amide bonds. The molecule has 172 valence electrons. The summed E-state index contributed by atoms with van der Waals surface area (Å²) in [4.78, 5) is 2.03. The summed E-state index contributed by atoms with van der Waals surface area (Å²) in [6.07, 6.45) is 1.79. The molecule has 1 saturated heterocycles. The fraction of sp³-hybridized carbons (Fsp3) is 0.583. The van der Waals surface area contributed by atoms with Crippen LogP contribution in [0.15, 0.2) is 18.2 Å². The summed E-state index contributed by atoms with van der Waals surface area (Å²) in [5.41, 5.74) is 4.98. The summed E-state index contributed by atoms with van der Waals surface area (Å²) >= 11 is 0. The zero-order chi connectivity index (χ0) is 22.3. The normalized spacial score (nSPS) is 24.2. The molecule has 0 radical (unpaired) electrons. The van der Waals surface area contributed by atoms with Crippen LogP contribution in [0.25, 0.3) is 11.3 Å². The van der Waals surface area contributed by atoms with Gasteiger partial charge in [-0.15, -0.1) is 10.2 Å². The van der Waals surface area contributed by atoms with Gasteiger partial charge in [-0.1, -0.05) is 6.07 Å². The van der Waals surface area contributed by atoms with Gasteiger partial charge in [0.15, 0.2) is 12.6 Å². The monoisotopic (exact) mass is 442 g/mol. The highest BCUT2D eigenvalue weighted by molar-refractivity contribution is 5.74. The zero-order valence-electron chi connectivity index (χ0n) is 19.0. The van der Waals surface area contributed by atoms with E-state index in [-0.39, 0.29) is 18.2 Å². The predicted octanol–water partition coefficient (Wildman–Crippen LogP) is 3.45. The van der Waals surface area contributed by atoms with Crippen molar-refractivity contribution >= 4 is 5.82 Å². The van der Waals surface area contributed by atoms with E-state index >= 15 is 0 Å². The highest BCUT2D eigenvalue weighted by Crippen LogP contribution is 2.55. The van der Waals surface area contributed by atoms with E-state index < -0.39 is 6.17 Å². The van der Waals surface area contributed by atoms with E-state index in [9.17, 15) is 4.39 Å². The number of ether oxygens (including phenoxy) is 3. The van der Waals surface area contributed by atoms with E-state index in [1.54, 1.807) is 7.11 Å². The minimum Gasteiger partial charge on any atom is -0.467 e. The van der Waals surface area contributed by atoms with Crippen LogP contribution in [-0.2, 0) is 21.5 Å². The standard InChI is InChI=1S/C24H31FN4O3/c1-15-4-5-18(20(8-15)32-14-30-3)22-19-12-31-13-24(6-7-24)21(19)23(28-27-22)26-17-9-16(25)10-29(2)11-17/h4-5,8,16-17H,6-7,9-14H2,1-3H3,(H,26,28)/t16-,17-/m1/s1. The first-order valence-corrected chi connectivity index (χ1v) is 11.3. The molecule has 2 fully saturated rings. The second-order valence-corrected chi connectivity index (χ2v) is 9.47. The Morgan fingerprint density at radius 1 is 1.28 bits per heavy atom. The molecule has 2 atom stereocenters. The van der Waals surface area contributed by atoms with Gasteiger partial charge < -0.3 is 24.4 Å². The number of fused-ring (bicyclic) bond motifs is 2. The van der Waals surface area contributed by atoms with Crippen molar-refractivity contribution in [3.8, 4) is 17.0 Å². The van der Waals surface area contributed by atoms with Crippen molar-refractivity contribution in [2.24, 2.45) is 0 Å². The van der Waals surface area contributed by atoms with Gasteiger partial charge in [0.25, 0.3) is 0 Å². The van der Waals surface area contributed by atoms with Crippen molar-refractivity contribution in [1.82, 2.24) is 15.1 Å². The number of anilines is 1. The third-order valence-corrected chi connectivity index (χ3v) is 6.73. The van der Waals surface area contributed by atoms with Crippen LogP contribution in [-0.4, -0.2) is 68.0 Å². The van der Waals surface area contributed by atoms with Gasteiger partial charge in [0.2, 0.25) is 0 Å². The molecule has 3 heterocycles. The zero-order valence-corrected chi connectivity index (χ0v) is 19.0. The largest absolute Gasteiger partial charge is 0.467 e. The first-order valence-electron chi connectivity index (χ1n) is 11.3. The van der Waals surface area contributed by atoms with Gasteiger partial charge in [-0.2, -0.15) is 0 Å². The molecule has 1 aromatic heterocycles. The first-order chi connectivity index (χ1) is 15.5. The quantitative estimate of drug-likeness (QED) is 0.687. The van der Waals surface area contributed by atoms with Crippen LogP contribution in [0.5, 0.6) is 5.75 Å². The number of aryl methyl sites for hydroxylation is 1. The Morgan fingerprint density at radius 2 is 2.12 bits per heavy atom. The lowest BCUT2D eigenvalue weighted by Crippen LogP contribution is -2.45. The number of piperidine rings is 1. The van der Waals surface area contributed by atoms with Gasteiger partial charge in [0, 0.05) is 54.8 Å². The molecule has 3 aliphatic rings. The number of likely N-dealkylation sites (N-methyl/N-ethyl adjacent to an activating group) is 1. The number of nitrogens with one attached hydrogen (secondary N) is 1. The van der Waals surface area contributed by atoms with E-state index in [0.717, 1.165) is 47.6 Å². The van der Waals surface area contributed by atoms with Gasteiger partial charge in [-0.25, -0.2) is 4.39 Å². The molecular formula is C24H31FN4O3. The van der Waals surface area contributed by atoms with E-state index in [2.05, 4.69) is 15.5 Å². The Morgan fingerprint density at radius 3 is 2.88 bits per heavy atom. The third kappa shape index (κ3) is 4.07. The maximum absolute atomic E-state index is 14.2. The average molecular weight is 443 g/mol. The number of alkyl halides is 1. The van der Waals surface area contributed by atoms with Gasteiger partial charge in [-0.3, -0.25) is 0 Å².